The van der Waals surface area contributed by atoms with E-state index in [0.29, 0.717) is 0 Å². The van der Waals surface area contributed by atoms with Gasteiger partial charge in [0.1, 0.15) is 6.61 Å². The predicted octanol–water partition coefficient (Wildman–Crippen LogP) is 1.60. The minimum absolute atomic E-state index is 0.0623. The van der Waals surface area contributed by atoms with Crippen LogP contribution in [0.5, 0.6) is 0 Å². The van der Waals surface area contributed by atoms with Crippen LogP contribution in [0.1, 0.15) is 13.8 Å². The molecular weight excluding hydrogens is 241 g/mol. The summed E-state index contributed by atoms with van der Waals surface area (Å²) in [7, 11) is 0. The monoisotopic (exact) mass is 252 g/mol. The molecule has 0 aromatic heterocycles. The number of hydrogen-bond acceptors (Lipinski definition) is 4. The van der Waals surface area contributed by atoms with Crippen LogP contribution in [0.2, 0.25) is 0 Å². The molecule has 0 spiro atoms. The first-order chi connectivity index (χ1) is 7.62. The second-order valence-electron chi connectivity index (χ2n) is 4.29. The van der Waals surface area contributed by atoms with Crippen LogP contribution in [-0.4, -0.2) is 30.8 Å². The molecule has 1 aliphatic heterocycles. The zero-order valence-corrected chi connectivity index (χ0v) is 9.21. The van der Waals surface area contributed by atoms with Gasteiger partial charge in [-0.1, -0.05) is 13.8 Å². The lowest BCUT2D eigenvalue weighted by atomic mass is 9.90. The van der Waals surface area contributed by atoms with E-state index in [1.807, 2.05) is 0 Å². The van der Waals surface area contributed by atoms with Gasteiger partial charge < -0.3 is 9.47 Å². The van der Waals surface area contributed by atoms with Gasteiger partial charge in [-0.15, -0.1) is 0 Å². The van der Waals surface area contributed by atoms with Crippen LogP contribution in [0.4, 0.5) is 13.2 Å². The number of halogens is 3. The van der Waals surface area contributed by atoms with Crippen molar-refractivity contribution in [3.8, 4) is 0 Å². The highest BCUT2D eigenvalue weighted by atomic mass is 19.4. The number of alkyl halides is 3. The summed E-state index contributed by atoms with van der Waals surface area (Å²) in [5, 5.41) is 0. The first-order valence-electron chi connectivity index (χ1n) is 4.75. The highest BCUT2D eigenvalue weighted by Gasteiger charge is 2.46. The molecule has 0 radical (unpaired) electrons. The van der Waals surface area contributed by atoms with Gasteiger partial charge in [0.15, 0.2) is 0 Å². The fourth-order valence-electron chi connectivity index (χ4n) is 1.25. The molecule has 0 aromatic rings. The normalized spacial score (nSPS) is 23.8. The maximum Gasteiger partial charge on any atom is 0.410 e. The van der Waals surface area contributed by atoms with E-state index in [2.05, 4.69) is 9.47 Å². The molecule has 0 amide bonds. The number of carbonyl (C=O) groups is 2. The lowest BCUT2D eigenvalue weighted by molar-refractivity contribution is -0.159. The van der Waals surface area contributed by atoms with Crippen molar-refractivity contribution >= 4 is 11.9 Å². The van der Waals surface area contributed by atoms with E-state index in [4.69, 9.17) is 0 Å². The molecule has 0 unspecified atom stereocenters. The van der Waals surface area contributed by atoms with Gasteiger partial charge in [0.2, 0.25) is 6.10 Å². The SMILES string of the molecule is CC1(C)COC(=O)[C@@H]1OC(=O)/C=C/C(F)(F)F. The Morgan fingerprint density at radius 3 is 2.53 bits per heavy atom. The van der Waals surface area contributed by atoms with Crippen molar-refractivity contribution in [3.05, 3.63) is 12.2 Å². The van der Waals surface area contributed by atoms with E-state index >= 15 is 0 Å². The average Bonchev–Trinajstić information content (AvgIpc) is 2.41. The number of allylic oxidation sites excluding steroid dienone is 1. The van der Waals surface area contributed by atoms with E-state index in [-0.39, 0.29) is 18.8 Å². The maximum absolute atomic E-state index is 11.8. The van der Waals surface area contributed by atoms with Gasteiger partial charge >= 0.3 is 18.1 Å². The van der Waals surface area contributed by atoms with Crippen LogP contribution in [0.3, 0.4) is 0 Å². The summed E-state index contributed by atoms with van der Waals surface area (Å²) in [6.07, 6.45) is -5.78. The van der Waals surface area contributed by atoms with Crippen LogP contribution in [0.25, 0.3) is 0 Å². The van der Waals surface area contributed by atoms with E-state index < -0.39 is 29.6 Å². The Labute approximate surface area is 95.4 Å². The summed E-state index contributed by atoms with van der Waals surface area (Å²) >= 11 is 0. The Morgan fingerprint density at radius 2 is 2.12 bits per heavy atom. The number of ether oxygens (including phenoxy) is 2. The van der Waals surface area contributed by atoms with Gasteiger partial charge in [0, 0.05) is 17.6 Å². The topological polar surface area (TPSA) is 52.6 Å². The molecule has 1 fully saturated rings. The molecule has 1 rings (SSSR count). The molecule has 0 aromatic carbocycles. The minimum atomic E-state index is -4.59. The van der Waals surface area contributed by atoms with E-state index in [0.717, 1.165) is 0 Å². The highest BCUT2D eigenvalue weighted by Crippen LogP contribution is 2.31. The molecule has 0 N–H and O–H groups in total. The summed E-state index contributed by atoms with van der Waals surface area (Å²) in [4.78, 5) is 22.2. The second-order valence-corrected chi connectivity index (χ2v) is 4.29. The first-order valence-corrected chi connectivity index (χ1v) is 4.75. The Hall–Kier alpha value is -1.53. The van der Waals surface area contributed by atoms with Gasteiger partial charge in [-0.2, -0.15) is 13.2 Å². The van der Waals surface area contributed by atoms with Gasteiger partial charge in [-0.05, 0) is 0 Å². The van der Waals surface area contributed by atoms with Crippen molar-refractivity contribution in [2.75, 3.05) is 6.61 Å². The quantitative estimate of drug-likeness (QED) is 0.553. The Bertz CT molecular complexity index is 357. The zero-order valence-electron chi connectivity index (χ0n) is 9.21. The zero-order chi connectivity index (χ0) is 13.3. The maximum atomic E-state index is 11.8. The summed E-state index contributed by atoms with van der Waals surface area (Å²) in [5.74, 6) is -1.97. The molecule has 0 saturated carbocycles. The van der Waals surface area contributed by atoms with Crippen LogP contribution >= 0.6 is 0 Å². The van der Waals surface area contributed by atoms with Gasteiger partial charge in [-0.3, -0.25) is 0 Å². The van der Waals surface area contributed by atoms with Crippen molar-refractivity contribution in [1.29, 1.82) is 0 Å². The Kier molecular flexibility index (Phi) is 3.49. The predicted molar refractivity (Wildman–Crippen MR) is 49.8 cm³/mol. The molecule has 0 aliphatic carbocycles. The van der Waals surface area contributed by atoms with Crippen molar-refractivity contribution in [2.24, 2.45) is 5.41 Å². The average molecular weight is 252 g/mol. The summed E-state index contributed by atoms with van der Waals surface area (Å²) in [5.41, 5.74) is -0.737. The number of cyclic esters (lactones) is 1. The highest BCUT2D eigenvalue weighted by molar-refractivity contribution is 5.86. The molecule has 1 aliphatic rings. The summed E-state index contributed by atoms with van der Waals surface area (Å²) < 4.78 is 44.6. The Morgan fingerprint density at radius 1 is 1.53 bits per heavy atom. The molecule has 17 heavy (non-hydrogen) atoms. The van der Waals surface area contributed by atoms with Gasteiger partial charge in [0.05, 0.1) is 0 Å². The lowest BCUT2D eigenvalue weighted by Crippen LogP contribution is -2.34. The van der Waals surface area contributed by atoms with Crippen LogP contribution in [0.15, 0.2) is 12.2 Å². The van der Waals surface area contributed by atoms with Crippen molar-refractivity contribution in [1.82, 2.24) is 0 Å². The summed E-state index contributed by atoms with van der Waals surface area (Å²) in [6.45, 7) is 3.29. The fourth-order valence-corrected chi connectivity index (χ4v) is 1.25. The van der Waals surface area contributed by atoms with Crippen molar-refractivity contribution in [3.63, 3.8) is 0 Å². The molecule has 96 valence electrons. The largest absolute Gasteiger partial charge is 0.462 e. The first kappa shape index (κ1) is 13.5. The molecule has 1 heterocycles. The van der Waals surface area contributed by atoms with Crippen molar-refractivity contribution < 1.29 is 32.2 Å². The van der Waals surface area contributed by atoms with E-state index in [1.165, 1.54) is 0 Å². The third-order valence-corrected chi connectivity index (χ3v) is 2.15. The Balaban J connectivity index is 2.63. The molecular formula is C10H11F3O4. The molecule has 1 saturated heterocycles. The van der Waals surface area contributed by atoms with Crippen molar-refractivity contribution in [2.45, 2.75) is 26.1 Å². The number of hydrogen-bond donors (Lipinski definition) is 0. The molecule has 7 heteroatoms. The molecule has 0 bridgehead atoms. The van der Waals surface area contributed by atoms with Crippen LogP contribution in [0, 0.1) is 5.41 Å². The smallest absolute Gasteiger partial charge is 0.410 e. The fraction of sp³-hybridized carbons (Fsp3) is 0.600. The number of esters is 2. The van der Waals surface area contributed by atoms with Crippen LogP contribution < -0.4 is 0 Å². The van der Waals surface area contributed by atoms with Crippen LogP contribution in [-0.2, 0) is 19.1 Å². The molecule has 1 atom stereocenters. The van der Waals surface area contributed by atoms with E-state index in [1.54, 1.807) is 13.8 Å². The second kappa shape index (κ2) is 4.38. The lowest BCUT2D eigenvalue weighted by Gasteiger charge is -2.20. The molecule has 4 nitrogen and oxygen atoms in total. The standard InChI is InChI=1S/C10H11F3O4/c1-9(2)5-16-8(15)7(9)17-6(14)3-4-10(11,12)13/h3-4,7H,5H2,1-2H3/b4-3+/t7-/m0/s1. The number of carbonyl (C=O) groups excluding carboxylic acids is 2. The van der Waals surface area contributed by atoms with Gasteiger partial charge in [0.25, 0.3) is 0 Å². The third-order valence-electron chi connectivity index (χ3n) is 2.15. The third kappa shape index (κ3) is 3.76. The summed E-state index contributed by atoms with van der Waals surface area (Å²) in [6, 6.07) is 0. The minimum Gasteiger partial charge on any atom is -0.462 e. The van der Waals surface area contributed by atoms with Gasteiger partial charge in [-0.25, -0.2) is 9.59 Å². The van der Waals surface area contributed by atoms with E-state index in [9.17, 15) is 22.8 Å². The number of rotatable bonds is 2.